The highest BCUT2D eigenvalue weighted by molar-refractivity contribution is 6.00. The Morgan fingerprint density at radius 2 is 2.15 bits per heavy atom. The Bertz CT molecular complexity index is 635. The van der Waals surface area contributed by atoms with Crippen molar-refractivity contribution in [3.8, 4) is 0 Å². The summed E-state index contributed by atoms with van der Waals surface area (Å²) in [7, 11) is 0. The van der Waals surface area contributed by atoms with Crippen molar-refractivity contribution in [2.75, 3.05) is 6.61 Å². The molecule has 1 aliphatic rings. The lowest BCUT2D eigenvalue weighted by Gasteiger charge is -2.18. The highest BCUT2D eigenvalue weighted by atomic mass is 16.4. The number of hydrogen-bond donors (Lipinski definition) is 2. The van der Waals surface area contributed by atoms with Crippen LogP contribution in [0.5, 0.6) is 0 Å². The van der Waals surface area contributed by atoms with E-state index in [0.29, 0.717) is 17.4 Å². The molecule has 0 spiro atoms. The molecular formula is C15H18N2O3. The van der Waals surface area contributed by atoms with E-state index in [9.17, 15) is 15.0 Å². The molecule has 0 amide bonds. The maximum absolute atomic E-state index is 11.2. The van der Waals surface area contributed by atoms with E-state index < -0.39 is 5.97 Å². The lowest BCUT2D eigenvalue weighted by atomic mass is 9.97. The molecule has 0 saturated heterocycles. The van der Waals surface area contributed by atoms with E-state index in [1.54, 1.807) is 18.5 Å². The molecule has 2 aromatic rings. The number of hydrogen-bond acceptors (Lipinski definition) is 3. The number of rotatable bonds is 4. The fourth-order valence-corrected chi connectivity index (χ4v) is 3.25. The third kappa shape index (κ3) is 2.18. The van der Waals surface area contributed by atoms with Crippen molar-refractivity contribution < 1.29 is 15.0 Å². The van der Waals surface area contributed by atoms with E-state index in [1.165, 1.54) is 0 Å². The summed E-state index contributed by atoms with van der Waals surface area (Å²) in [5, 5.41) is 18.6. The Labute approximate surface area is 116 Å². The first kappa shape index (κ1) is 13.1. The van der Waals surface area contributed by atoms with Crippen LogP contribution in [0, 0.1) is 11.8 Å². The van der Waals surface area contributed by atoms with Gasteiger partial charge in [0.1, 0.15) is 5.52 Å². The SMILES string of the molecule is O=C(O)c1cccc2c1ncn2CC1CCCC1CO. The van der Waals surface area contributed by atoms with Gasteiger partial charge in [0.2, 0.25) is 0 Å². The van der Waals surface area contributed by atoms with Crippen molar-refractivity contribution in [3.63, 3.8) is 0 Å². The van der Waals surface area contributed by atoms with Gasteiger partial charge >= 0.3 is 5.97 Å². The minimum absolute atomic E-state index is 0.234. The third-order valence-corrected chi connectivity index (χ3v) is 4.36. The zero-order valence-electron chi connectivity index (χ0n) is 11.2. The first-order chi connectivity index (χ1) is 9.70. The smallest absolute Gasteiger partial charge is 0.337 e. The Morgan fingerprint density at radius 3 is 2.90 bits per heavy atom. The minimum atomic E-state index is -0.949. The maximum atomic E-state index is 11.2. The van der Waals surface area contributed by atoms with Gasteiger partial charge in [0.25, 0.3) is 0 Å². The van der Waals surface area contributed by atoms with Gasteiger partial charge in [-0.05, 0) is 36.8 Å². The number of benzene rings is 1. The molecular weight excluding hydrogens is 256 g/mol. The number of para-hydroxylation sites is 1. The Kier molecular flexibility index (Phi) is 3.44. The van der Waals surface area contributed by atoms with Gasteiger partial charge in [0, 0.05) is 13.2 Å². The average molecular weight is 274 g/mol. The summed E-state index contributed by atoms with van der Waals surface area (Å²) in [4.78, 5) is 15.4. The summed E-state index contributed by atoms with van der Waals surface area (Å²) >= 11 is 0. The van der Waals surface area contributed by atoms with Crippen LogP contribution >= 0.6 is 0 Å². The van der Waals surface area contributed by atoms with Gasteiger partial charge in [-0.2, -0.15) is 0 Å². The van der Waals surface area contributed by atoms with Crippen LogP contribution in [0.25, 0.3) is 11.0 Å². The summed E-state index contributed by atoms with van der Waals surface area (Å²) < 4.78 is 2.01. The molecule has 1 aromatic carbocycles. The zero-order chi connectivity index (χ0) is 14.1. The van der Waals surface area contributed by atoms with Crippen LogP contribution in [-0.4, -0.2) is 32.3 Å². The van der Waals surface area contributed by atoms with Crippen LogP contribution in [-0.2, 0) is 6.54 Å². The molecule has 1 heterocycles. The summed E-state index contributed by atoms with van der Waals surface area (Å²) in [6.45, 7) is 1.03. The molecule has 1 saturated carbocycles. The van der Waals surface area contributed by atoms with E-state index in [2.05, 4.69) is 4.98 Å². The number of aliphatic hydroxyl groups is 1. The van der Waals surface area contributed by atoms with E-state index in [4.69, 9.17) is 0 Å². The number of nitrogens with zero attached hydrogens (tertiary/aromatic N) is 2. The molecule has 1 fully saturated rings. The van der Waals surface area contributed by atoms with Crippen molar-refractivity contribution in [1.29, 1.82) is 0 Å². The molecule has 2 unspecified atom stereocenters. The minimum Gasteiger partial charge on any atom is -0.478 e. The molecule has 5 nitrogen and oxygen atoms in total. The Balaban J connectivity index is 1.93. The van der Waals surface area contributed by atoms with E-state index in [-0.39, 0.29) is 12.2 Å². The first-order valence-electron chi connectivity index (χ1n) is 6.98. The molecule has 5 heteroatoms. The van der Waals surface area contributed by atoms with Crippen molar-refractivity contribution in [2.24, 2.45) is 11.8 Å². The van der Waals surface area contributed by atoms with Crippen LogP contribution in [0.15, 0.2) is 24.5 Å². The number of carboxylic acids is 1. The number of aliphatic hydroxyl groups excluding tert-OH is 1. The van der Waals surface area contributed by atoms with Crippen LogP contribution in [0.3, 0.4) is 0 Å². The second-order valence-electron chi connectivity index (χ2n) is 5.51. The molecule has 0 aliphatic heterocycles. The molecule has 2 N–H and O–H groups in total. The molecule has 2 atom stereocenters. The van der Waals surface area contributed by atoms with Gasteiger partial charge in [-0.1, -0.05) is 12.5 Å². The van der Waals surface area contributed by atoms with Gasteiger partial charge in [-0.25, -0.2) is 9.78 Å². The maximum Gasteiger partial charge on any atom is 0.337 e. The second kappa shape index (κ2) is 5.25. The molecule has 106 valence electrons. The van der Waals surface area contributed by atoms with E-state index in [0.717, 1.165) is 31.3 Å². The van der Waals surface area contributed by atoms with Gasteiger partial charge in [-0.3, -0.25) is 0 Å². The van der Waals surface area contributed by atoms with Crippen molar-refractivity contribution >= 4 is 17.0 Å². The number of fused-ring (bicyclic) bond motifs is 1. The van der Waals surface area contributed by atoms with Gasteiger partial charge in [0.05, 0.1) is 17.4 Å². The highest BCUT2D eigenvalue weighted by Gasteiger charge is 2.27. The van der Waals surface area contributed by atoms with Gasteiger partial charge in [-0.15, -0.1) is 0 Å². The Morgan fingerprint density at radius 1 is 1.35 bits per heavy atom. The summed E-state index contributed by atoms with van der Waals surface area (Å²) in [5.41, 5.74) is 1.64. The second-order valence-corrected chi connectivity index (χ2v) is 5.51. The van der Waals surface area contributed by atoms with Crippen LogP contribution < -0.4 is 0 Å². The fourth-order valence-electron chi connectivity index (χ4n) is 3.25. The van der Waals surface area contributed by atoms with Crippen LogP contribution in [0.2, 0.25) is 0 Å². The average Bonchev–Trinajstić information content (AvgIpc) is 3.06. The number of imidazole rings is 1. The molecule has 3 rings (SSSR count). The van der Waals surface area contributed by atoms with Crippen LogP contribution in [0.4, 0.5) is 0 Å². The normalized spacial score (nSPS) is 22.4. The lowest BCUT2D eigenvalue weighted by Crippen LogP contribution is -2.17. The quantitative estimate of drug-likeness (QED) is 0.895. The number of carboxylic acid groups (broad SMARTS) is 1. The number of aromatic carboxylic acids is 1. The summed E-state index contributed by atoms with van der Waals surface area (Å²) in [5.74, 6) is -0.143. The predicted molar refractivity (Wildman–Crippen MR) is 74.6 cm³/mol. The molecule has 0 bridgehead atoms. The third-order valence-electron chi connectivity index (χ3n) is 4.36. The molecule has 1 aliphatic carbocycles. The number of aromatic nitrogens is 2. The summed E-state index contributed by atoms with van der Waals surface area (Å²) in [6, 6.07) is 5.23. The fraction of sp³-hybridized carbons (Fsp3) is 0.467. The highest BCUT2D eigenvalue weighted by Crippen LogP contribution is 2.33. The Hall–Kier alpha value is -1.88. The van der Waals surface area contributed by atoms with Crippen molar-refractivity contribution in [2.45, 2.75) is 25.8 Å². The first-order valence-corrected chi connectivity index (χ1v) is 6.98. The largest absolute Gasteiger partial charge is 0.478 e. The monoisotopic (exact) mass is 274 g/mol. The van der Waals surface area contributed by atoms with Gasteiger partial charge in [0.15, 0.2) is 0 Å². The summed E-state index contributed by atoms with van der Waals surface area (Å²) in [6.07, 6.45) is 5.06. The molecule has 1 aromatic heterocycles. The standard InChI is InChI=1S/C15H18N2O3/c18-8-11-4-1-3-10(11)7-17-9-16-14-12(15(19)20)5-2-6-13(14)17/h2,5-6,9-11,18H,1,3-4,7-8H2,(H,19,20). The van der Waals surface area contributed by atoms with Crippen molar-refractivity contribution in [1.82, 2.24) is 9.55 Å². The molecule has 0 radical (unpaired) electrons. The number of carbonyl (C=O) groups is 1. The van der Waals surface area contributed by atoms with E-state index in [1.807, 2.05) is 10.6 Å². The topological polar surface area (TPSA) is 75.3 Å². The van der Waals surface area contributed by atoms with Crippen molar-refractivity contribution in [3.05, 3.63) is 30.1 Å². The lowest BCUT2D eigenvalue weighted by molar-refractivity contribution is 0.0699. The van der Waals surface area contributed by atoms with Crippen LogP contribution in [0.1, 0.15) is 29.6 Å². The molecule has 20 heavy (non-hydrogen) atoms. The van der Waals surface area contributed by atoms with E-state index >= 15 is 0 Å². The predicted octanol–water partition coefficient (Wildman–Crippen LogP) is 2.14. The zero-order valence-corrected chi connectivity index (χ0v) is 11.2. The van der Waals surface area contributed by atoms with Gasteiger partial charge < -0.3 is 14.8 Å².